The molecule has 1 amide bonds. The van der Waals surface area contributed by atoms with Crippen LogP contribution in [0, 0.1) is 0 Å². The second kappa shape index (κ2) is 7.85. The highest BCUT2D eigenvalue weighted by molar-refractivity contribution is 7.99. The molecule has 0 aliphatic rings. The molecule has 0 aliphatic carbocycles. The molecule has 1 aromatic heterocycles. The molecule has 7 heteroatoms. The zero-order valence-corrected chi connectivity index (χ0v) is 14.8. The summed E-state index contributed by atoms with van der Waals surface area (Å²) < 4.78 is 7.07. The number of hydrazone groups is 1. The lowest BCUT2D eigenvalue weighted by atomic mass is 10.2. The Morgan fingerprint density at radius 3 is 2.76 bits per heavy atom. The van der Waals surface area contributed by atoms with E-state index < -0.39 is 0 Å². The van der Waals surface area contributed by atoms with Crippen molar-refractivity contribution in [1.82, 2.24) is 15.0 Å². The van der Waals surface area contributed by atoms with E-state index in [1.54, 1.807) is 13.3 Å². The second-order valence-electron chi connectivity index (χ2n) is 5.30. The fourth-order valence-corrected chi connectivity index (χ4v) is 3.06. The summed E-state index contributed by atoms with van der Waals surface area (Å²) in [5, 5.41) is 4.77. The van der Waals surface area contributed by atoms with Gasteiger partial charge in [0, 0.05) is 7.05 Å². The largest absolute Gasteiger partial charge is 0.497 e. The van der Waals surface area contributed by atoms with Gasteiger partial charge < -0.3 is 9.30 Å². The molecule has 1 N–H and O–H groups in total. The van der Waals surface area contributed by atoms with E-state index in [4.69, 9.17) is 4.74 Å². The number of amides is 1. The monoisotopic (exact) mass is 354 g/mol. The number of rotatable bonds is 6. The number of nitrogens with zero attached hydrogens (tertiary/aromatic N) is 3. The molecule has 25 heavy (non-hydrogen) atoms. The summed E-state index contributed by atoms with van der Waals surface area (Å²) >= 11 is 1.38. The number of benzene rings is 2. The van der Waals surface area contributed by atoms with Crippen LogP contribution in [-0.2, 0) is 11.8 Å². The van der Waals surface area contributed by atoms with Crippen molar-refractivity contribution in [3.05, 3.63) is 54.1 Å². The Hall–Kier alpha value is -2.80. The van der Waals surface area contributed by atoms with Crippen molar-refractivity contribution in [2.24, 2.45) is 12.1 Å². The number of nitrogens with one attached hydrogen (secondary N) is 1. The number of carbonyl (C=O) groups is 1. The van der Waals surface area contributed by atoms with Gasteiger partial charge in [0.25, 0.3) is 5.91 Å². The molecule has 0 saturated heterocycles. The van der Waals surface area contributed by atoms with Crippen molar-refractivity contribution in [1.29, 1.82) is 0 Å². The molecule has 0 atom stereocenters. The van der Waals surface area contributed by atoms with E-state index in [9.17, 15) is 4.79 Å². The molecule has 1 heterocycles. The Morgan fingerprint density at radius 2 is 2.04 bits per heavy atom. The Morgan fingerprint density at radius 1 is 1.28 bits per heavy atom. The van der Waals surface area contributed by atoms with E-state index in [1.165, 1.54) is 11.8 Å². The van der Waals surface area contributed by atoms with E-state index in [0.717, 1.165) is 27.5 Å². The second-order valence-corrected chi connectivity index (χ2v) is 6.24. The first kappa shape index (κ1) is 17.0. The Bertz CT molecular complexity index is 903. The smallest absolute Gasteiger partial charge is 0.250 e. The zero-order chi connectivity index (χ0) is 17.6. The maximum Gasteiger partial charge on any atom is 0.250 e. The van der Waals surface area contributed by atoms with Gasteiger partial charge >= 0.3 is 0 Å². The number of ether oxygens (including phenoxy) is 1. The van der Waals surface area contributed by atoms with Crippen LogP contribution >= 0.6 is 11.8 Å². The summed E-state index contributed by atoms with van der Waals surface area (Å²) in [6.07, 6.45) is 1.59. The van der Waals surface area contributed by atoms with E-state index in [2.05, 4.69) is 15.5 Å². The van der Waals surface area contributed by atoms with Crippen molar-refractivity contribution in [2.45, 2.75) is 5.16 Å². The van der Waals surface area contributed by atoms with Crippen LogP contribution in [0.15, 0.2) is 58.8 Å². The predicted octanol–water partition coefficient (Wildman–Crippen LogP) is 2.82. The average Bonchev–Trinajstić information content (AvgIpc) is 2.97. The first-order chi connectivity index (χ1) is 12.2. The molecular weight excluding hydrogens is 336 g/mol. The average molecular weight is 354 g/mol. The number of imidazole rings is 1. The van der Waals surface area contributed by atoms with E-state index in [1.807, 2.05) is 60.1 Å². The van der Waals surface area contributed by atoms with Gasteiger partial charge in [0.05, 0.1) is 30.1 Å². The number of thioether (sulfide) groups is 1. The van der Waals surface area contributed by atoms with Gasteiger partial charge in [0.1, 0.15) is 5.75 Å². The molecule has 3 aromatic rings. The fourth-order valence-electron chi connectivity index (χ4n) is 2.28. The topological polar surface area (TPSA) is 68.5 Å². The van der Waals surface area contributed by atoms with Crippen LogP contribution < -0.4 is 10.2 Å². The number of fused-ring (bicyclic) bond motifs is 1. The van der Waals surface area contributed by atoms with Gasteiger partial charge in [-0.1, -0.05) is 23.9 Å². The van der Waals surface area contributed by atoms with Crippen molar-refractivity contribution >= 4 is 34.9 Å². The van der Waals surface area contributed by atoms with Crippen LogP contribution in [0.2, 0.25) is 0 Å². The number of methoxy groups -OCH3 is 1. The molecule has 0 radical (unpaired) electrons. The van der Waals surface area contributed by atoms with Crippen LogP contribution in [0.1, 0.15) is 5.56 Å². The van der Waals surface area contributed by atoms with Gasteiger partial charge in [-0.25, -0.2) is 10.4 Å². The number of aryl methyl sites for hydroxylation is 1. The van der Waals surface area contributed by atoms with Crippen molar-refractivity contribution < 1.29 is 9.53 Å². The molecule has 0 fully saturated rings. The maximum atomic E-state index is 11.9. The van der Waals surface area contributed by atoms with Crippen LogP contribution in [0.5, 0.6) is 5.75 Å². The van der Waals surface area contributed by atoms with Crippen LogP contribution in [0.3, 0.4) is 0 Å². The van der Waals surface area contributed by atoms with E-state index in [0.29, 0.717) is 0 Å². The third-order valence-corrected chi connectivity index (χ3v) is 4.63. The minimum Gasteiger partial charge on any atom is -0.497 e. The van der Waals surface area contributed by atoms with Crippen LogP contribution in [-0.4, -0.2) is 34.5 Å². The van der Waals surface area contributed by atoms with Crippen molar-refractivity contribution in [3.63, 3.8) is 0 Å². The first-order valence-corrected chi connectivity index (χ1v) is 8.66. The van der Waals surface area contributed by atoms with Gasteiger partial charge in [-0.15, -0.1) is 0 Å². The molecule has 0 unspecified atom stereocenters. The summed E-state index contributed by atoms with van der Waals surface area (Å²) in [5.41, 5.74) is 5.37. The molecule has 0 saturated carbocycles. The lowest BCUT2D eigenvalue weighted by Gasteiger charge is -2.02. The number of hydrogen-bond acceptors (Lipinski definition) is 5. The number of aromatic nitrogens is 2. The molecule has 0 aliphatic heterocycles. The summed E-state index contributed by atoms with van der Waals surface area (Å²) in [7, 11) is 3.56. The Balaban J connectivity index is 1.53. The molecule has 3 rings (SSSR count). The maximum absolute atomic E-state index is 11.9. The SMILES string of the molecule is COc1ccc(/C=N\NC(=O)CSc2nc3ccccc3n2C)cc1. The minimum atomic E-state index is -0.179. The van der Waals surface area contributed by atoms with E-state index >= 15 is 0 Å². The summed E-state index contributed by atoms with van der Waals surface area (Å²) in [5.74, 6) is 0.846. The standard InChI is InChI=1S/C18H18N4O2S/c1-22-16-6-4-3-5-15(16)20-18(22)25-12-17(23)21-19-11-13-7-9-14(24-2)10-8-13/h3-11H,12H2,1-2H3,(H,21,23)/b19-11-. The van der Waals surface area contributed by atoms with E-state index in [-0.39, 0.29) is 11.7 Å². The lowest BCUT2D eigenvalue weighted by Crippen LogP contribution is -2.19. The number of para-hydroxylation sites is 2. The first-order valence-electron chi connectivity index (χ1n) is 7.67. The highest BCUT2D eigenvalue weighted by Crippen LogP contribution is 2.22. The lowest BCUT2D eigenvalue weighted by molar-refractivity contribution is -0.118. The number of hydrogen-bond donors (Lipinski definition) is 1. The van der Waals surface area contributed by atoms with Crippen molar-refractivity contribution in [3.8, 4) is 5.75 Å². The summed E-state index contributed by atoms with van der Waals surface area (Å²) in [6.45, 7) is 0. The van der Waals surface area contributed by atoms with Crippen LogP contribution in [0.25, 0.3) is 11.0 Å². The number of carbonyl (C=O) groups excluding carboxylic acids is 1. The van der Waals surface area contributed by atoms with Gasteiger partial charge in [-0.3, -0.25) is 4.79 Å². The van der Waals surface area contributed by atoms with Gasteiger partial charge in [0.2, 0.25) is 0 Å². The molecule has 128 valence electrons. The minimum absolute atomic E-state index is 0.179. The molecular formula is C18H18N4O2S. The van der Waals surface area contributed by atoms with Gasteiger partial charge in [-0.2, -0.15) is 5.10 Å². The zero-order valence-electron chi connectivity index (χ0n) is 14.0. The Labute approximate surface area is 149 Å². The summed E-state index contributed by atoms with van der Waals surface area (Å²) in [4.78, 5) is 16.5. The quantitative estimate of drug-likeness (QED) is 0.420. The molecule has 2 aromatic carbocycles. The Kier molecular flexibility index (Phi) is 5.35. The molecule has 0 spiro atoms. The fraction of sp³-hybridized carbons (Fsp3) is 0.167. The van der Waals surface area contributed by atoms with Crippen LogP contribution in [0.4, 0.5) is 0 Å². The molecule has 0 bridgehead atoms. The third kappa shape index (κ3) is 4.19. The van der Waals surface area contributed by atoms with Gasteiger partial charge in [-0.05, 0) is 42.0 Å². The highest BCUT2D eigenvalue weighted by atomic mass is 32.2. The molecule has 6 nitrogen and oxygen atoms in total. The van der Waals surface area contributed by atoms with Crippen molar-refractivity contribution in [2.75, 3.05) is 12.9 Å². The van der Waals surface area contributed by atoms with Gasteiger partial charge in [0.15, 0.2) is 5.16 Å². The highest BCUT2D eigenvalue weighted by Gasteiger charge is 2.09. The normalized spacial score (nSPS) is 11.1. The summed E-state index contributed by atoms with van der Waals surface area (Å²) in [6, 6.07) is 15.3. The third-order valence-electron chi connectivity index (χ3n) is 3.60. The predicted molar refractivity (Wildman–Crippen MR) is 100 cm³/mol.